The highest BCUT2D eigenvalue weighted by molar-refractivity contribution is 9.10. The number of carbonyl (C=O) groups is 2. The van der Waals surface area contributed by atoms with Crippen LogP contribution in [0.1, 0.15) is 115 Å². The molecule has 0 unspecified atom stereocenters. The molecule has 2 atom stereocenters. The summed E-state index contributed by atoms with van der Waals surface area (Å²) in [5.74, 6) is 0.553. The smallest absolute Gasteiger partial charge is 0.399 e. The van der Waals surface area contributed by atoms with Gasteiger partial charge in [0.1, 0.15) is 11.4 Å². The Bertz CT molecular complexity index is 2490. The fourth-order valence-corrected chi connectivity index (χ4v) is 7.88. The SMILES string of the molecule is C.Cc1ccnc(-c2ccc3c(c2)CC[C@H]3NC(=O)c2ccnn2C)n1.Cc1ccnc(Br)n1.Cn1nccc1C(=O)N[C@@H]1CCc2cc(B3OC(C)(C)C(C)(C)O3)ccc21. The van der Waals surface area contributed by atoms with Crippen LogP contribution in [0, 0.1) is 13.8 Å². The van der Waals surface area contributed by atoms with E-state index in [9.17, 15) is 9.59 Å². The van der Waals surface area contributed by atoms with Gasteiger partial charge in [-0.15, -0.1) is 0 Å². The second kappa shape index (κ2) is 18.6. The Morgan fingerprint density at radius 2 is 1.21 bits per heavy atom. The minimum atomic E-state index is -0.358. The molecule has 1 aliphatic heterocycles. The average molecular weight is 890 g/mol. The quantitative estimate of drug-likeness (QED) is 0.133. The first-order valence-corrected chi connectivity index (χ1v) is 20.8. The zero-order valence-corrected chi connectivity index (χ0v) is 36.8. The van der Waals surface area contributed by atoms with Crippen molar-refractivity contribution in [3.8, 4) is 11.4 Å². The van der Waals surface area contributed by atoms with Gasteiger partial charge in [0.15, 0.2) is 10.6 Å². The van der Waals surface area contributed by atoms with Crippen molar-refractivity contribution in [1.29, 1.82) is 0 Å². The topological polar surface area (TPSA) is 164 Å². The van der Waals surface area contributed by atoms with Crippen molar-refractivity contribution in [2.24, 2.45) is 14.1 Å². The Kier molecular flexibility index (Phi) is 13.7. The van der Waals surface area contributed by atoms with Crippen LogP contribution in [0.3, 0.4) is 0 Å². The van der Waals surface area contributed by atoms with Crippen molar-refractivity contribution in [3.05, 3.63) is 135 Å². The van der Waals surface area contributed by atoms with Crippen LogP contribution in [0.2, 0.25) is 0 Å². The number of aromatic nitrogens is 8. The number of benzene rings is 2. The van der Waals surface area contributed by atoms with Gasteiger partial charge in [0.2, 0.25) is 0 Å². The van der Waals surface area contributed by atoms with Crippen molar-refractivity contribution < 1.29 is 18.9 Å². The van der Waals surface area contributed by atoms with Crippen molar-refractivity contribution in [3.63, 3.8) is 0 Å². The number of carbonyl (C=O) groups excluding carboxylic acids is 2. The highest BCUT2D eigenvalue weighted by Gasteiger charge is 2.51. The van der Waals surface area contributed by atoms with Crippen molar-refractivity contribution in [1.82, 2.24) is 50.1 Å². The molecule has 0 saturated carbocycles. The van der Waals surface area contributed by atoms with E-state index in [1.807, 2.05) is 32.0 Å². The van der Waals surface area contributed by atoms with E-state index in [4.69, 9.17) is 9.31 Å². The molecule has 61 heavy (non-hydrogen) atoms. The van der Waals surface area contributed by atoms with Crippen LogP contribution >= 0.6 is 15.9 Å². The predicted octanol–water partition coefficient (Wildman–Crippen LogP) is 6.92. The number of hydrogen-bond acceptors (Lipinski definition) is 10. The predicted molar refractivity (Wildman–Crippen MR) is 239 cm³/mol. The Hall–Kier alpha value is -5.58. The summed E-state index contributed by atoms with van der Waals surface area (Å²) < 4.78 is 16.2. The van der Waals surface area contributed by atoms with Gasteiger partial charge in [0, 0.05) is 55.8 Å². The zero-order chi connectivity index (χ0) is 42.8. The fourth-order valence-electron chi connectivity index (χ4n) is 7.48. The van der Waals surface area contributed by atoms with Gasteiger partial charge < -0.3 is 19.9 Å². The van der Waals surface area contributed by atoms with Crippen LogP contribution < -0.4 is 16.1 Å². The van der Waals surface area contributed by atoms with E-state index < -0.39 is 0 Å². The number of fused-ring (bicyclic) bond motifs is 2. The summed E-state index contributed by atoms with van der Waals surface area (Å²) in [6, 6.07) is 19.8. The number of halogens is 1. The Morgan fingerprint density at radius 3 is 1.69 bits per heavy atom. The molecule has 1 saturated heterocycles. The Labute approximate surface area is 366 Å². The first-order chi connectivity index (χ1) is 28.6. The van der Waals surface area contributed by atoms with Gasteiger partial charge in [-0.1, -0.05) is 37.8 Å². The molecule has 2 N–H and O–H groups in total. The van der Waals surface area contributed by atoms with Gasteiger partial charge in [-0.3, -0.25) is 19.0 Å². The molecule has 2 aromatic carbocycles. The van der Waals surface area contributed by atoms with Gasteiger partial charge in [-0.2, -0.15) is 10.2 Å². The molecule has 1 fully saturated rings. The Balaban J connectivity index is 0.000000171. The normalized spacial score (nSPS) is 17.8. The molecule has 2 aliphatic carbocycles. The number of rotatable bonds is 6. The molecule has 9 rings (SSSR count). The summed E-state index contributed by atoms with van der Waals surface area (Å²) in [4.78, 5) is 41.6. The molecular weight excluding hydrogens is 835 g/mol. The number of nitrogens with zero attached hydrogens (tertiary/aromatic N) is 8. The second-order valence-corrected chi connectivity index (χ2v) is 17.0. The van der Waals surface area contributed by atoms with Crippen LogP contribution in [0.4, 0.5) is 0 Å². The monoisotopic (exact) mass is 888 g/mol. The largest absolute Gasteiger partial charge is 0.494 e. The third-order valence-corrected chi connectivity index (χ3v) is 11.9. The van der Waals surface area contributed by atoms with Crippen molar-refractivity contribution >= 4 is 40.3 Å². The van der Waals surface area contributed by atoms with E-state index in [0.29, 0.717) is 16.1 Å². The van der Waals surface area contributed by atoms with E-state index in [0.717, 1.165) is 53.9 Å². The number of amides is 2. The Morgan fingerprint density at radius 1 is 0.705 bits per heavy atom. The van der Waals surface area contributed by atoms with E-state index in [-0.39, 0.29) is 49.6 Å². The number of nitrogens with one attached hydrogen (secondary N) is 2. The maximum absolute atomic E-state index is 12.5. The molecule has 318 valence electrons. The summed E-state index contributed by atoms with van der Waals surface area (Å²) >= 11 is 3.14. The molecule has 14 nitrogen and oxygen atoms in total. The van der Waals surface area contributed by atoms with Crippen LogP contribution in [0.15, 0.2) is 90.2 Å². The molecule has 0 radical (unpaired) electrons. The molecule has 16 heteroatoms. The summed E-state index contributed by atoms with van der Waals surface area (Å²) in [7, 11) is 3.18. The zero-order valence-electron chi connectivity index (χ0n) is 35.2. The van der Waals surface area contributed by atoms with Gasteiger partial charge in [-0.25, -0.2) is 19.9 Å². The first kappa shape index (κ1) is 45.0. The van der Waals surface area contributed by atoms with E-state index >= 15 is 0 Å². The third kappa shape index (κ3) is 10.1. The minimum Gasteiger partial charge on any atom is -0.399 e. The highest BCUT2D eigenvalue weighted by atomic mass is 79.9. The van der Waals surface area contributed by atoms with Crippen LogP contribution in [0.5, 0.6) is 0 Å². The van der Waals surface area contributed by atoms with Gasteiger partial charge in [0.25, 0.3) is 11.8 Å². The minimum absolute atomic E-state index is 0. The highest BCUT2D eigenvalue weighted by Crippen LogP contribution is 2.38. The molecular formula is C45H54BBrN10O4. The van der Waals surface area contributed by atoms with E-state index in [1.54, 1.807) is 60.4 Å². The lowest BCUT2D eigenvalue weighted by Gasteiger charge is -2.32. The molecule has 4 aromatic heterocycles. The molecule has 0 spiro atoms. The van der Waals surface area contributed by atoms with Crippen LogP contribution in [-0.2, 0) is 36.2 Å². The molecule has 0 bridgehead atoms. The summed E-state index contributed by atoms with van der Waals surface area (Å²) in [6.45, 7) is 12.1. The molecule has 6 aromatic rings. The number of aryl methyl sites for hydroxylation is 6. The average Bonchev–Trinajstić information content (AvgIpc) is 4.04. The van der Waals surface area contributed by atoms with E-state index in [2.05, 4.69) is 115 Å². The molecule has 3 aliphatic rings. The van der Waals surface area contributed by atoms with Crippen LogP contribution in [-0.4, -0.2) is 69.6 Å². The van der Waals surface area contributed by atoms with Gasteiger partial charge >= 0.3 is 7.12 Å². The summed E-state index contributed by atoms with van der Waals surface area (Å²) in [5.41, 5.74) is 9.25. The fraction of sp³-hybridized carbons (Fsp3) is 0.378. The lowest BCUT2D eigenvalue weighted by Crippen LogP contribution is -2.41. The first-order valence-electron chi connectivity index (χ1n) is 20.0. The maximum Gasteiger partial charge on any atom is 0.494 e. The lowest BCUT2D eigenvalue weighted by atomic mass is 9.78. The standard InChI is InChI=1S/C20H26BN3O3.C19H19N5O.C5H5BrN2.CH4/c1-19(2)20(3,4)27-21(26-19)14-7-8-15-13(12-14)6-9-16(15)23-18(25)17-10-11-22-24(17)5;1-12-7-9-20-18(22-12)14-3-5-15-13(11-14)4-6-16(15)23-19(25)17-8-10-21-24(17)2;1-4-2-3-7-5(6)8-4;/h7-8,10-12,16H,6,9H2,1-5H3,(H,23,25);3,5,7-11,16H,4,6H2,1-2H3,(H,23,25);2-3H,1H3;1H4/t2*16-;;/m11../s1. The lowest BCUT2D eigenvalue weighted by molar-refractivity contribution is 0.00578. The molecule has 2 amide bonds. The molecule has 5 heterocycles. The van der Waals surface area contributed by atoms with Crippen LogP contribution in [0.25, 0.3) is 11.4 Å². The number of hydrogen-bond donors (Lipinski definition) is 2. The summed E-state index contributed by atoms with van der Waals surface area (Å²) in [6.07, 6.45) is 10.4. The summed E-state index contributed by atoms with van der Waals surface area (Å²) in [5, 5.41) is 14.4. The van der Waals surface area contributed by atoms with E-state index in [1.165, 1.54) is 22.3 Å². The maximum atomic E-state index is 12.5. The van der Waals surface area contributed by atoms with Crippen molar-refractivity contribution in [2.75, 3.05) is 0 Å². The van der Waals surface area contributed by atoms with Gasteiger partial charge in [0.05, 0.1) is 23.3 Å². The van der Waals surface area contributed by atoms with Crippen molar-refractivity contribution in [2.45, 2.75) is 97.9 Å². The third-order valence-electron chi connectivity index (χ3n) is 11.5. The van der Waals surface area contributed by atoms with Gasteiger partial charge in [-0.05, 0) is 141 Å². The second-order valence-electron chi connectivity index (χ2n) is 16.3.